The van der Waals surface area contributed by atoms with Crippen LogP contribution in [0.5, 0.6) is 0 Å². The lowest BCUT2D eigenvalue weighted by Crippen LogP contribution is -2.30. The molecule has 2 atom stereocenters. The average molecular weight is 383 g/mol. The van der Waals surface area contributed by atoms with Gasteiger partial charge in [0, 0.05) is 0 Å². The van der Waals surface area contributed by atoms with E-state index in [1.54, 1.807) is 0 Å². The average Bonchev–Trinajstić information content (AvgIpc) is 2.88. The van der Waals surface area contributed by atoms with E-state index in [2.05, 4.69) is 93.5 Å². The van der Waals surface area contributed by atoms with Gasteiger partial charge in [-0.2, -0.15) is 0 Å². The Labute approximate surface area is 175 Å². The lowest BCUT2D eigenvalue weighted by molar-refractivity contribution is 0.136. The minimum Gasteiger partial charge on any atom is -0.0620 e. The van der Waals surface area contributed by atoms with Crippen molar-refractivity contribution in [1.82, 2.24) is 0 Å². The van der Waals surface area contributed by atoms with E-state index in [0.29, 0.717) is 27.6 Å². The Morgan fingerprint density at radius 2 is 0.964 bits per heavy atom. The molecule has 0 aliphatic heterocycles. The van der Waals surface area contributed by atoms with Gasteiger partial charge in [0.25, 0.3) is 0 Å². The van der Waals surface area contributed by atoms with Crippen LogP contribution in [0.25, 0.3) is 0 Å². The molecule has 28 heavy (non-hydrogen) atoms. The summed E-state index contributed by atoms with van der Waals surface area (Å²) < 4.78 is 0. The second-order valence-electron chi connectivity index (χ2n) is 12.6. The third-order valence-electron chi connectivity index (χ3n) is 10.4. The molecule has 2 unspecified atom stereocenters. The summed E-state index contributed by atoms with van der Waals surface area (Å²) >= 11 is 0. The molecule has 0 bridgehead atoms. The maximum atomic E-state index is 2.51. The minimum atomic E-state index is 0.320. The van der Waals surface area contributed by atoms with E-state index in [1.165, 1.54) is 36.8 Å². The maximum absolute atomic E-state index is 2.51. The van der Waals surface area contributed by atoms with Gasteiger partial charge in [0.05, 0.1) is 0 Å². The molecule has 2 saturated carbocycles. The van der Waals surface area contributed by atoms with Crippen molar-refractivity contribution < 1.29 is 0 Å². The van der Waals surface area contributed by atoms with Crippen molar-refractivity contribution in [3.8, 4) is 0 Å². The molecule has 4 rings (SSSR count). The Balaban J connectivity index is 0.000000161. The molecule has 0 radical (unpaired) electrons. The normalized spacial score (nSPS) is 34.1. The number of rotatable bonds is 0. The Bertz CT molecular complexity index is 644. The van der Waals surface area contributed by atoms with Gasteiger partial charge in [-0.25, -0.2) is 0 Å². The van der Waals surface area contributed by atoms with Gasteiger partial charge in [0.15, 0.2) is 0 Å². The van der Waals surface area contributed by atoms with Crippen molar-refractivity contribution >= 4 is 0 Å². The zero-order valence-electron chi connectivity index (χ0n) is 20.4. The van der Waals surface area contributed by atoms with E-state index in [-0.39, 0.29) is 0 Å². The zero-order chi connectivity index (χ0) is 21.1. The Morgan fingerprint density at radius 1 is 0.607 bits per heavy atom. The molecular weight excluding hydrogens is 336 g/mol. The fourth-order valence-corrected chi connectivity index (χ4v) is 7.49. The van der Waals surface area contributed by atoms with Crippen molar-refractivity contribution in [3.05, 3.63) is 35.4 Å². The van der Waals surface area contributed by atoms with E-state index in [4.69, 9.17) is 0 Å². The summed E-state index contributed by atoms with van der Waals surface area (Å²) in [6, 6.07) is 8.91. The highest BCUT2D eigenvalue weighted by Gasteiger charge is 2.57. The number of hydrogen-bond acceptors (Lipinski definition) is 0. The molecule has 0 heterocycles. The quantitative estimate of drug-likeness (QED) is 0.422. The fourth-order valence-electron chi connectivity index (χ4n) is 7.49. The first-order valence-corrected chi connectivity index (χ1v) is 11.9. The van der Waals surface area contributed by atoms with Crippen molar-refractivity contribution in [2.24, 2.45) is 34.5 Å². The molecule has 158 valence electrons. The standard InChI is InChI=1S/C14H26.C14H20/c2*1-10-13(2,3)11-8-6-7-9-12(11)14(10,4)5/h10-12H,6-9H2,1-5H3;6-10H,1-5H3. The van der Waals surface area contributed by atoms with E-state index >= 15 is 0 Å². The highest BCUT2D eigenvalue weighted by molar-refractivity contribution is 5.45. The molecule has 2 fully saturated rings. The second-order valence-corrected chi connectivity index (χ2v) is 12.6. The summed E-state index contributed by atoms with van der Waals surface area (Å²) in [5.74, 6) is 3.58. The predicted octanol–water partition coefficient (Wildman–Crippen LogP) is 8.39. The molecule has 3 aliphatic rings. The van der Waals surface area contributed by atoms with Crippen LogP contribution in [-0.4, -0.2) is 0 Å². The number of hydrogen-bond donors (Lipinski definition) is 0. The maximum Gasteiger partial charge on any atom is -0.00667 e. The predicted molar refractivity (Wildman–Crippen MR) is 124 cm³/mol. The van der Waals surface area contributed by atoms with Gasteiger partial charge in [0.2, 0.25) is 0 Å². The highest BCUT2D eigenvalue weighted by Crippen LogP contribution is 2.64. The first-order valence-electron chi connectivity index (χ1n) is 11.9. The Morgan fingerprint density at radius 3 is 1.32 bits per heavy atom. The van der Waals surface area contributed by atoms with E-state index < -0.39 is 0 Å². The van der Waals surface area contributed by atoms with Crippen molar-refractivity contribution in [2.45, 2.75) is 106 Å². The largest absolute Gasteiger partial charge is 0.0620 e. The van der Waals surface area contributed by atoms with E-state index in [0.717, 1.165) is 17.8 Å². The van der Waals surface area contributed by atoms with Crippen LogP contribution in [0.15, 0.2) is 24.3 Å². The van der Waals surface area contributed by atoms with Crippen LogP contribution >= 0.6 is 0 Å². The first-order chi connectivity index (χ1) is 12.8. The molecule has 0 aromatic heterocycles. The van der Waals surface area contributed by atoms with Crippen molar-refractivity contribution in [1.29, 1.82) is 0 Å². The van der Waals surface area contributed by atoms with Crippen LogP contribution in [0, 0.1) is 34.5 Å². The summed E-state index contributed by atoms with van der Waals surface area (Å²) in [5.41, 5.74) is 4.87. The fraction of sp³-hybridized carbons (Fsp3) is 0.786. The summed E-state index contributed by atoms with van der Waals surface area (Å²) in [7, 11) is 0. The third-order valence-corrected chi connectivity index (χ3v) is 10.4. The monoisotopic (exact) mass is 382 g/mol. The Kier molecular flexibility index (Phi) is 5.39. The molecular formula is C28H46. The lowest BCUT2D eigenvalue weighted by Gasteiger charge is -2.36. The van der Waals surface area contributed by atoms with Gasteiger partial charge >= 0.3 is 0 Å². The van der Waals surface area contributed by atoms with Crippen LogP contribution < -0.4 is 0 Å². The smallest absolute Gasteiger partial charge is 0.00667 e. The van der Waals surface area contributed by atoms with Crippen LogP contribution in [-0.2, 0) is 10.8 Å². The molecule has 0 spiro atoms. The molecule has 1 aromatic carbocycles. The SMILES string of the molecule is CC1C(C)(C)C2CCCCC2C1(C)C.CC1C(C)(C)c2ccccc2C1(C)C. The van der Waals surface area contributed by atoms with Crippen LogP contribution in [0.2, 0.25) is 0 Å². The van der Waals surface area contributed by atoms with Crippen LogP contribution in [0.3, 0.4) is 0 Å². The van der Waals surface area contributed by atoms with E-state index in [9.17, 15) is 0 Å². The van der Waals surface area contributed by atoms with Gasteiger partial charge in [-0.05, 0) is 69.3 Å². The first kappa shape index (κ1) is 21.9. The van der Waals surface area contributed by atoms with Crippen LogP contribution in [0.1, 0.15) is 106 Å². The summed E-state index contributed by atoms with van der Waals surface area (Å²) in [4.78, 5) is 0. The van der Waals surface area contributed by atoms with Gasteiger partial charge < -0.3 is 0 Å². The third kappa shape index (κ3) is 3.09. The summed E-state index contributed by atoms with van der Waals surface area (Å²) in [6.07, 6.45) is 5.94. The van der Waals surface area contributed by atoms with Gasteiger partial charge in [-0.15, -0.1) is 0 Å². The summed E-state index contributed by atoms with van der Waals surface area (Å²) in [6.45, 7) is 24.4. The second kappa shape index (κ2) is 6.88. The summed E-state index contributed by atoms with van der Waals surface area (Å²) in [5, 5.41) is 0. The molecule has 0 amide bonds. The molecule has 3 aliphatic carbocycles. The minimum absolute atomic E-state index is 0.320. The molecule has 0 nitrogen and oxygen atoms in total. The Hall–Kier alpha value is -0.780. The van der Waals surface area contributed by atoms with Gasteiger partial charge in [0.1, 0.15) is 0 Å². The topological polar surface area (TPSA) is 0 Å². The highest BCUT2D eigenvalue weighted by atomic mass is 14.6. The molecule has 0 saturated heterocycles. The van der Waals surface area contributed by atoms with Crippen molar-refractivity contribution in [3.63, 3.8) is 0 Å². The molecule has 0 heteroatoms. The molecule has 1 aromatic rings. The zero-order valence-corrected chi connectivity index (χ0v) is 20.4. The van der Waals surface area contributed by atoms with Gasteiger partial charge in [-0.1, -0.05) is 106 Å². The molecule has 0 N–H and O–H groups in total. The van der Waals surface area contributed by atoms with Crippen molar-refractivity contribution in [2.75, 3.05) is 0 Å². The van der Waals surface area contributed by atoms with E-state index in [1.807, 2.05) is 0 Å². The lowest BCUT2D eigenvalue weighted by atomic mass is 9.69. The number of fused-ring (bicyclic) bond motifs is 2. The number of benzene rings is 1. The van der Waals surface area contributed by atoms with Gasteiger partial charge in [-0.3, -0.25) is 0 Å². The van der Waals surface area contributed by atoms with Crippen LogP contribution in [0.4, 0.5) is 0 Å².